The van der Waals surface area contributed by atoms with Gasteiger partial charge in [0.1, 0.15) is 5.82 Å². The van der Waals surface area contributed by atoms with E-state index in [1.807, 2.05) is 13.0 Å². The van der Waals surface area contributed by atoms with Gasteiger partial charge in [-0.2, -0.15) is 5.10 Å². The number of nitrogens with one attached hydrogen (secondary N) is 1. The molecule has 2 aromatic heterocycles. The molecule has 0 unspecified atom stereocenters. The predicted molar refractivity (Wildman–Crippen MR) is 50.3 cm³/mol. The lowest BCUT2D eigenvalue weighted by atomic mass is 10.2. The van der Waals surface area contributed by atoms with E-state index in [0.29, 0.717) is 11.5 Å². The molecule has 72 valence electrons. The molecule has 0 aromatic carbocycles. The van der Waals surface area contributed by atoms with E-state index in [1.165, 1.54) is 0 Å². The second-order valence-electron chi connectivity index (χ2n) is 2.94. The lowest BCUT2D eigenvalue weighted by molar-refractivity contribution is 0.277. The lowest BCUT2D eigenvalue weighted by Crippen LogP contribution is -1.90. The molecule has 0 aliphatic rings. The SMILES string of the molecule is Cc1nc(-c2ccnc(CO)c2)n[nH]1. The monoisotopic (exact) mass is 190 g/mol. The van der Waals surface area contributed by atoms with Crippen molar-refractivity contribution in [1.82, 2.24) is 20.2 Å². The third-order valence-electron chi connectivity index (χ3n) is 1.83. The van der Waals surface area contributed by atoms with Crippen molar-refractivity contribution in [1.29, 1.82) is 0 Å². The topological polar surface area (TPSA) is 74.7 Å². The Morgan fingerprint density at radius 2 is 2.36 bits per heavy atom. The Balaban J connectivity index is 2.41. The molecule has 0 bridgehead atoms. The molecular formula is C9H10N4O. The fraction of sp³-hybridized carbons (Fsp3) is 0.222. The number of rotatable bonds is 2. The van der Waals surface area contributed by atoms with Crippen LogP contribution in [0.2, 0.25) is 0 Å². The first-order valence-corrected chi connectivity index (χ1v) is 4.25. The lowest BCUT2D eigenvalue weighted by Gasteiger charge is -1.97. The first kappa shape index (κ1) is 8.83. The Hall–Kier alpha value is -1.75. The van der Waals surface area contributed by atoms with Crippen molar-refractivity contribution in [3.8, 4) is 11.4 Å². The summed E-state index contributed by atoms with van der Waals surface area (Å²) >= 11 is 0. The number of hydrogen-bond acceptors (Lipinski definition) is 4. The van der Waals surface area contributed by atoms with Gasteiger partial charge in [-0.15, -0.1) is 0 Å². The summed E-state index contributed by atoms with van der Waals surface area (Å²) in [6.45, 7) is 1.77. The second kappa shape index (κ2) is 3.55. The molecule has 0 saturated heterocycles. The molecule has 0 atom stereocenters. The predicted octanol–water partition coefficient (Wildman–Crippen LogP) is 0.667. The van der Waals surface area contributed by atoms with Crippen LogP contribution in [0.4, 0.5) is 0 Å². The average molecular weight is 190 g/mol. The van der Waals surface area contributed by atoms with Crippen LogP contribution in [-0.2, 0) is 6.61 Å². The Bertz CT molecular complexity index is 438. The molecule has 5 heteroatoms. The minimum Gasteiger partial charge on any atom is -0.390 e. The summed E-state index contributed by atoms with van der Waals surface area (Å²) in [5, 5.41) is 15.7. The summed E-state index contributed by atoms with van der Waals surface area (Å²) < 4.78 is 0. The zero-order valence-corrected chi connectivity index (χ0v) is 7.73. The van der Waals surface area contributed by atoms with Gasteiger partial charge in [-0.3, -0.25) is 10.1 Å². The van der Waals surface area contributed by atoms with Crippen molar-refractivity contribution in [2.45, 2.75) is 13.5 Å². The van der Waals surface area contributed by atoms with E-state index in [1.54, 1.807) is 12.3 Å². The number of aromatic nitrogens is 4. The quantitative estimate of drug-likeness (QED) is 0.729. The smallest absolute Gasteiger partial charge is 0.181 e. The van der Waals surface area contributed by atoms with Crippen molar-refractivity contribution in [3.05, 3.63) is 29.8 Å². The van der Waals surface area contributed by atoms with Crippen LogP contribution >= 0.6 is 0 Å². The summed E-state index contributed by atoms with van der Waals surface area (Å²) in [4.78, 5) is 8.15. The Morgan fingerprint density at radius 1 is 1.50 bits per heavy atom. The first-order chi connectivity index (χ1) is 6.79. The van der Waals surface area contributed by atoms with Gasteiger partial charge in [-0.05, 0) is 19.1 Å². The second-order valence-corrected chi connectivity index (χ2v) is 2.94. The largest absolute Gasteiger partial charge is 0.390 e. The number of hydrogen-bond donors (Lipinski definition) is 2. The summed E-state index contributed by atoms with van der Waals surface area (Å²) in [6, 6.07) is 3.57. The van der Waals surface area contributed by atoms with Gasteiger partial charge >= 0.3 is 0 Å². The third kappa shape index (κ3) is 1.62. The number of aromatic amines is 1. The van der Waals surface area contributed by atoms with Crippen LogP contribution in [0.15, 0.2) is 18.3 Å². The maximum atomic E-state index is 8.90. The molecular weight excluding hydrogens is 180 g/mol. The highest BCUT2D eigenvalue weighted by Crippen LogP contribution is 2.14. The Morgan fingerprint density at radius 3 is 3.00 bits per heavy atom. The van der Waals surface area contributed by atoms with E-state index in [9.17, 15) is 0 Å². The minimum absolute atomic E-state index is 0.0722. The normalized spacial score (nSPS) is 10.4. The molecule has 0 aliphatic heterocycles. The summed E-state index contributed by atoms with van der Waals surface area (Å²) in [5.41, 5.74) is 1.47. The molecule has 0 saturated carbocycles. The molecule has 0 fully saturated rings. The molecule has 0 amide bonds. The van der Waals surface area contributed by atoms with Crippen LogP contribution in [0.25, 0.3) is 11.4 Å². The van der Waals surface area contributed by atoms with Crippen molar-refractivity contribution in [3.63, 3.8) is 0 Å². The van der Waals surface area contributed by atoms with E-state index in [2.05, 4.69) is 20.2 Å². The van der Waals surface area contributed by atoms with Gasteiger partial charge in [0.15, 0.2) is 5.82 Å². The van der Waals surface area contributed by atoms with Gasteiger partial charge in [-0.25, -0.2) is 4.98 Å². The van der Waals surface area contributed by atoms with E-state index in [-0.39, 0.29) is 6.61 Å². The van der Waals surface area contributed by atoms with E-state index >= 15 is 0 Å². The zero-order valence-electron chi connectivity index (χ0n) is 7.73. The van der Waals surface area contributed by atoms with Gasteiger partial charge in [0.2, 0.25) is 0 Å². The number of pyridine rings is 1. The molecule has 2 N–H and O–H groups in total. The van der Waals surface area contributed by atoms with Gasteiger partial charge in [0.05, 0.1) is 12.3 Å². The maximum Gasteiger partial charge on any atom is 0.181 e. The molecule has 0 radical (unpaired) electrons. The van der Waals surface area contributed by atoms with Gasteiger partial charge in [0, 0.05) is 11.8 Å². The van der Waals surface area contributed by atoms with Gasteiger partial charge < -0.3 is 5.11 Å². The minimum atomic E-state index is -0.0722. The van der Waals surface area contributed by atoms with Crippen LogP contribution in [0.3, 0.4) is 0 Å². The molecule has 2 rings (SSSR count). The van der Waals surface area contributed by atoms with E-state index < -0.39 is 0 Å². The van der Waals surface area contributed by atoms with Crippen molar-refractivity contribution < 1.29 is 5.11 Å². The Labute approximate surface area is 80.8 Å². The van der Waals surface area contributed by atoms with Crippen molar-refractivity contribution >= 4 is 0 Å². The number of aryl methyl sites for hydroxylation is 1. The number of nitrogens with zero attached hydrogens (tertiary/aromatic N) is 3. The van der Waals surface area contributed by atoms with Crippen molar-refractivity contribution in [2.24, 2.45) is 0 Å². The van der Waals surface area contributed by atoms with Crippen LogP contribution in [0.5, 0.6) is 0 Å². The average Bonchev–Trinajstić information content (AvgIpc) is 2.65. The zero-order chi connectivity index (χ0) is 9.97. The highest BCUT2D eigenvalue weighted by atomic mass is 16.3. The molecule has 0 aliphatic carbocycles. The molecule has 2 aromatic rings. The maximum absolute atomic E-state index is 8.90. The van der Waals surface area contributed by atoms with Crippen LogP contribution in [-0.4, -0.2) is 25.3 Å². The summed E-state index contributed by atoms with van der Waals surface area (Å²) in [7, 11) is 0. The summed E-state index contributed by atoms with van der Waals surface area (Å²) in [5.74, 6) is 1.39. The molecule has 2 heterocycles. The number of aliphatic hydroxyl groups excluding tert-OH is 1. The van der Waals surface area contributed by atoms with E-state index in [0.717, 1.165) is 11.4 Å². The fourth-order valence-corrected chi connectivity index (χ4v) is 1.18. The van der Waals surface area contributed by atoms with Gasteiger partial charge in [0.25, 0.3) is 0 Å². The highest BCUT2D eigenvalue weighted by molar-refractivity contribution is 5.54. The molecule has 14 heavy (non-hydrogen) atoms. The number of aliphatic hydroxyl groups is 1. The van der Waals surface area contributed by atoms with Crippen LogP contribution < -0.4 is 0 Å². The van der Waals surface area contributed by atoms with Crippen molar-refractivity contribution in [2.75, 3.05) is 0 Å². The third-order valence-corrected chi connectivity index (χ3v) is 1.83. The Kier molecular flexibility index (Phi) is 2.24. The van der Waals surface area contributed by atoms with Crippen LogP contribution in [0.1, 0.15) is 11.5 Å². The van der Waals surface area contributed by atoms with E-state index in [4.69, 9.17) is 5.11 Å². The van der Waals surface area contributed by atoms with Gasteiger partial charge in [-0.1, -0.05) is 0 Å². The fourth-order valence-electron chi connectivity index (χ4n) is 1.18. The number of H-pyrrole nitrogens is 1. The molecule has 0 spiro atoms. The summed E-state index contributed by atoms with van der Waals surface area (Å²) in [6.07, 6.45) is 1.63. The standard InChI is InChI=1S/C9H10N4O/c1-6-11-9(13-12-6)7-2-3-10-8(4-7)5-14/h2-4,14H,5H2,1H3,(H,11,12,13). The highest BCUT2D eigenvalue weighted by Gasteiger charge is 2.04. The van der Waals surface area contributed by atoms with Crippen LogP contribution in [0, 0.1) is 6.92 Å². The molecule has 5 nitrogen and oxygen atoms in total. The first-order valence-electron chi connectivity index (χ1n) is 4.25.